The molecule has 0 unspecified atom stereocenters. The van der Waals surface area contributed by atoms with Crippen LogP contribution in [0.15, 0.2) is 17.8 Å². The number of H-pyrrole nitrogens is 1. The number of aromatic nitrogens is 2. The molecule has 2 rings (SSSR count). The molecule has 2 heterocycles. The van der Waals surface area contributed by atoms with Gasteiger partial charge in [0.25, 0.3) is 0 Å². The van der Waals surface area contributed by atoms with Gasteiger partial charge in [0.15, 0.2) is 0 Å². The highest BCUT2D eigenvalue weighted by Gasteiger charge is 2.04. The van der Waals surface area contributed by atoms with E-state index in [4.69, 9.17) is 12.2 Å². The Morgan fingerprint density at radius 3 is 2.86 bits per heavy atom. The highest BCUT2D eigenvalue weighted by Crippen LogP contribution is 2.25. The summed E-state index contributed by atoms with van der Waals surface area (Å²) in [5.74, 6) is 0. The van der Waals surface area contributed by atoms with E-state index in [-0.39, 0.29) is 0 Å². The topological polar surface area (TPSA) is 28.7 Å². The molecule has 0 saturated carbocycles. The third-order valence-electron chi connectivity index (χ3n) is 2.11. The van der Waals surface area contributed by atoms with Crippen molar-refractivity contribution in [1.82, 2.24) is 9.97 Å². The van der Waals surface area contributed by atoms with Gasteiger partial charge in [-0.3, -0.25) is 0 Å². The van der Waals surface area contributed by atoms with E-state index in [0.717, 1.165) is 11.3 Å². The van der Waals surface area contributed by atoms with E-state index in [1.54, 1.807) is 17.7 Å². The van der Waals surface area contributed by atoms with Crippen LogP contribution in [0.25, 0.3) is 11.3 Å². The van der Waals surface area contributed by atoms with Crippen molar-refractivity contribution in [3.05, 3.63) is 32.9 Å². The van der Waals surface area contributed by atoms with Gasteiger partial charge in [0.05, 0.1) is 12.0 Å². The summed E-state index contributed by atoms with van der Waals surface area (Å²) in [5.41, 5.74) is 3.31. The van der Waals surface area contributed by atoms with E-state index >= 15 is 0 Å². The molecule has 2 nitrogen and oxygen atoms in total. The van der Waals surface area contributed by atoms with Crippen molar-refractivity contribution in [3.8, 4) is 11.3 Å². The Balaban J connectivity index is 2.63. The Kier molecular flexibility index (Phi) is 2.48. The lowest BCUT2D eigenvalue weighted by Gasteiger charge is -2.01. The number of aromatic amines is 1. The summed E-state index contributed by atoms with van der Waals surface area (Å²) in [6, 6.07) is 2.15. The first-order valence-electron chi connectivity index (χ1n) is 4.28. The average Bonchev–Trinajstić information content (AvgIpc) is 2.57. The molecule has 4 heteroatoms. The summed E-state index contributed by atoms with van der Waals surface area (Å²) >= 11 is 6.86. The molecule has 0 spiro atoms. The lowest BCUT2D eigenvalue weighted by Crippen LogP contribution is -1.89. The maximum absolute atomic E-state index is 5.12. The number of aryl methyl sites for hydroxylation is 1. The maximum atomic E-state index is 5.12. The molecule has 0 aliphatic carbocycles. The lowest BCUT2D eigenvalue weighted by molar-refractivity contribution is 1.12. The van der Waals surface area contributed by atoms with Gasteiger partial charge in [-0.05, 0) is 19.9 Å². The summed E-state index contributed by atoms with van der Waals surface area (Å²) in [6.45, 7) is 4.09. The van der Waals surface area contributed by atoms with Crippen molar-refractivity contribution < 1.29 is 0 Å². The Bertz CT molecular complexity index is 511. The molecule has 0 aliphatic rings. The van der Waals surface area contributed by atoms with Gasteiger partial charge in [-0.25, -0.2) is 4.98 Å². The van der Waals surface area contributed by atoms with Crippen LogP contribution in [0.5, 0.6) is 0 Å². The first-order valence-corrected chi connectivity index (χ1v) is 5.57. The Morgan fingerprint density at radius 1 is 1.43 bits per heavy atom. The van der Waals surface area contributed by atoms with Crippen molar-refractivity contribution in [2.24, 2.45) is 0 Å². The van der Waals surface area contributed by atoms with Crippen LogP contribution in [0.2, 0.25) is 0 Å². The average molecular weight is 222 g/mol. The molecule has 72 valence electrons. The largest absolute Gasteiger partial charge is 0.346 e. The van der Waals surface area contributed by atoms with E-state index in [9.17, 15) is 0 Å². The van der Waals surface area contributed by atoms with Gasteiger partial charge < -0.3 is 4.98 Å². The number of hydrogen-bond donors (Lipinski definition) is 1. The standard InChI is InChI=1S/C10H10N2S2/c1-6-3-8(4-14-6)9-7(2)10(13)12-5-11-9/h3-5H,1-2H3,(H,11,12,13). The molecule has 0 bridgehead atoms. The van der Waals surface area contributed by atoms with Crippen LogP contribution < -0.4 is 0 Å². The second-order valence-corrected chi connectivity index (χ2v) is 4.66. The summed E-state index contributed by atoms with van der Waals surface area (Å²) < 4.78 is 0.669. The number of nitrogens with one attached hydrogen (secondary N) is 1. The normalized spacial score (nSPS) is 10.4. The van der Waals surface area contributed by atoms with Gasteiger partial charge >= 0.3 is 0 Å². The summed E-state index contributed by atoms with van der Waals surface area (Å²) in [5, 5.41) is 2.13. The zero-order valence-corrected chi connectivity index (χ0v) is 9.63. The number of thiophene rings is 1. The monoisotopic (exact) mass is 222 g/mol. The van der Waals surface area contributed by atoms with E-state index < -0.39 is 0 Å². The number of nitrogens with zero attached hydrogens (tertiary/aromatic N) is 1. The minimum Gasteiger partial charge on any atom is -0.346 e. The van der Waals surface area contributed by atoms with Crippen LogP contribution in [0.4, 0.5) is 0 Å². The first kappa shape index (κ1) is 9.55. The van der Waals surface area contributed by atoms with Gasteiger partial charge in [-0.2, -0.15) is 0 Å². The van der Waals surface area contributed by atoms with Crippen molar-refractivity contribution in [1.29, 1.82) is 0 Å². The lowest BCUT2D eigenvalue weighted by atomic mass is 10.1. The molecule has 0 saturated heterocycles. The third-order valence-corrected chi connectivity index (χ3v) is 3.38. The summed E-state index contributed by atoms with van der Waals surface area (Å²) in [6.07, 6.45) is 1.65. The molecular formula is C10H10N2S2. The number of hydrogen-bond acceptors (Lipinski definition) is 3. The smallest absolute Gasteiger partial charge is 0.132 e. The minimum absolute atomic E-state index is 0.669. The van der Waals surface area contributed by atoms with Crippen LogP contribution in [0.3, 0.4) is 0 Å². The predicted octanol–water partition coefficient (Wildman–Crippen LogP) is 3.48. The zero-order valence-electron chi connectivity index (χ0n) is 8.00. The van der Waals surface area contributed by atoms with Gasteiger partial charge in [0, 0.05) is 21.4 Å². The molecule has 14 heavy (non-hydrogen) atoms. The SMILES string of the molecule is Cc1cc(-c2[nH]cnc(=S)c2C)cs1. The van der Waals surface area contributed by atoms with Crippen LogP contribution in [-0.4, -0.2) is 9.97 Å². The minimum atomic E-state index is 0.669. The Morgan fingerprint density at radius 2 is 2.21 bits per heavy atom. The van der Waals surface area contributed by atoms with E-state index in [1.807, 2.05) is 6.92 Å². The summed E-state index contributed by atoms with van der Waals surface area (Å²) in [4.78, 5) is 8.47. The van der Waals surface area contributed by atoms with Crippen LogP contribution in [-0.2, 0) is 0 Å². The summed E-state index contributed by atoms with van der Waals surface area (Å²) in [7, 11) is 0. The Hall–Kier alpha value is -1.00. The highest BCUT2D eigenvalue weighted by molar-refractivity contribution is 7.71. The van der Waals surface area contributed by atoms with Crippen LogP contribution >= 0.6 is 23.6 Å². The molecule has 0 fully saturated rings. The third kappa shape index (κ3) is 1.63. The molecule has 0 atom stereocenters. The molecular weight excluding hydrogens is 212 g/mol. The van der Waals surface area contributed by atoms with Gasteiger partial charge in [-0.1, -0.05) is 12.2 Å². The fraction of sp³-hybridized carbons (Fsp3) is 0.200. The first-order chi connectivity index (χ1) is 6.68. The van der Waals surface area contributed by atoms with Gasteiger partial charge in [0.2, 0.25) is 0 Å². The second kappa shape index (κ2) is 3.63. The van der Waals surface area contributed by atoms with Crippen molar-refractivity contribution in [2.45, 2.75) is 13.8 Å². The van der Waals surface area contributed by atoms with E-state index in [0.29, 0.717) is 4.64 Å². The molecule has 2 aromatic heterocycles. The highest BCUT2D eigenvalue weighted by atomic mass is 32.1. The van der Waals surface area contributed by atoms with Gasteiger partial charge in [0.1, 0.15) is 4.64 Å². The molecule has 0 aromatic carbocycles. The van der Waals surface area contributed by atoms with E-state index in [1.165, 1.54) is 10.4 Å². The van der Waals surface area contributed by atoms with Crippen LogP contribution in [0.1, 0.15) is 10.4 Å². The fourth-order valence-electron chi connectivity index (χ4n) is 1.34. The van der Waals surface area contributed by atoms with E-state index in [2.05, 4.69) is 28.3 Å². The van der Waals surface area contributed by atoms with Crippen LogP contribution in [0, 0.1) is 18.5 Å². The Labute approximate surface area is 91.7 Å². The van der Waals surface area contributed by atoms with Gasteiger partial charge in [-0.15, -0.1) is 11.3 Å². The predicted molar refractivity (Wildman–Crippen MR) is 62.2 cm³/mol. The fourth-order valence-corrected chi connectivity index (χ4v) is 2.19. The quantitative estimate of drug-likeness (QED) is 0.748. The molecule has 0 radical (unpaired) electrons. The maximum Gasteiger partial charge on any atom is 0.132 e. The second-order valence-electron chi connectivity index (χ2n) is 3.15. The molecule has 2 aromatic rings. The number of rotatable bonds is 1. The van der Waals surface area contributed by atoms with Crippen molar-refractivity contribution in [3.63, 3.8) is 0 Å². The van der Waals surface area contributed by atoms with Crippen molar-refractivity contribution >= 4 is 23.6 Å². The zero-order chi connectivity index (χ0) is 10.1. The molecule has 0 amide bonds. The molecule has 1 N–H and O–H groups in total. The van der Waals surface area contributed by atoms with Crippen molar-refractivity contribution in [2.75, 3.05) is 0 Å². The molecule has 0 aliphatic heterocycles.